The lowest BCUT2D eigenvalue weighted by Crippen LogP contribution is -2.44. The predicted octanol–water partition coefficient (Wildman–Crippen LogP) is 4.21. The van der Waals surface area contributed by atoms with Crippen LogP contribution in [-0.4, -0.2) is 23.2 Å². The number of pyridine rings is 1. The topological polar surface area (TPSA) is 46.2 Å². The zero-order valence-corrected chi connectivity index (χ0v) is 15.2. The molecule has 0 radical (unpaired) electrons. The minimum absolute atomic E-state index is 0.331. The van der Waals surface area contributed by atoms with E-state index in [-0.39, 0.29) is 0 Å². The van der Waals surface area contributed by atoms with Crippen molar-refractivity contribution in [3.63, 3.8) is 0 Å². The highest BCUT2D eigenvalue weighted by atomic mass is 32.1. The van der Waals surface area contributed by atoms with Crippen molar-refractivity contribution < 1.29 is 4.74 Å². The number of nitrogens with one attached hydrogen (secondary N) is 2. The Bertz CT molecular complexity index is 677. The largest absolute Gasteiger partial charge is 0.494 e. The summed E-state index contributed by atoms with van der Waals surface area (Å²) in [6.45, 7) is 8.81. The molecule has 0 aliphatic rings. The van der Waals surface area contributed by atoms with Crippen LogP contribution in [0.3, 0.4) is 0 Å². The Kier molecular flexibility index (Phi) is 5.77. The molecule has 0 unspecified atom stereocenters. The summed E-state index contributed by atoms with van der Waals surface area (Å²) >= 11 is 5.50. The molecule has 2 rings (SSSR count). The first-order valence-electron chi connectivity index (χ1n) is 7.93. The molecule has 2 N–H and O–H groups in total. The quantitative estimate of drug-likeness (QED) is 0.804. The van der Waals surface area contributed by atoms with Gasteiger partial charge in [0.25, 0.3) is 0 Å². The summed E-state index contributed by atoms with van der Waals surface area (Å²) in [5, 5.41) is 8.35. The SMILES string of the molecule is COc1ccc(NC(=S)NC(C(C)C)C(C)C)c2cccnc12. The Morgan fingerprint density at radius 3 is 2.43 bits per heavy atom. The van der Waals surface area contributed by atoms with Crippen LogP contribution in [0.1, 0.15) is 27.7 Å². The van der Waals surface area contributed by atoms with Crippen LogP contribution in [0, 0.1) is 11.8 Å². The fraction of sp³-hybridized carbons (Fsp3) is 0.444. The smallest absolute Gasteiger partial charge is 0.171 e. The Balaban J connectivity index is 2.23. The van der Waals surface area contributed by atoms with Gasteiger partial charge in [-0.1, -0.05) is 27.7 Å². The lowest BCUT2D eigenvalue weighted by molar-refractivity contribution is 0.356. The molecule has 0 saturated carbocycles. The maximum Gasteiger partial charge on any atom is 0.171 e. The fourth-order valence-corrected chi connectivity index (χ4v) is 3.08. The second kappa shape index (κ2) is 7.59. The molecule has 1 heterocycles. The van der Waals surface area contributed by atoms with Crippen LogP contribution >= 0.6 is 12.2 Å². The van der Waals surface area contributed by atoms with Crippen molar-refractivity contribution in [2.45, 2.75) is 33.7 Å². The summed E-state index contributed by atoms with van der Waals surface area (Å²) in [7, 11) is 1.65. The fourth-order valence-electron chi connectivity index (χ4n) is 2.83. The first-order valence-corrected chi connectivity index (χ1v) is 8.34. The standard InChI is InChI=1S/C18H25N3OS/c1-11(2)16(12(3)4)21-18(23)20-14-8-9-15(22-5)17-13(14)7-6-10-19-17/h6-12,16H,1-5H3,(H2,20,21,23). The van der Waals surface area contributed by atoms with Gasteiger partial charge in [0.05, 0.1) is 7.11 Å². The Hall–Kier alpha value is -1.88. The van der Waals surface area contributed by atoms with Crippen LogP contribution in [0.5, 0.6) is 5.75 Å². The number of rotatable bonds is 5. The van der Waals surface area contributed by atoms with Crippen LogP contribution in [0.15, 0.2) is 30.5 Å². The van der Waals surface area contributed by atoms with Gasteiger partial charge in [0, 0.05) is 23.3 Å². The maximum atomic E-state index is 5.50. The number of aromatic nitrogens is 1. The molecular formula is C18H25N3OS. The normalized spacial score (nSPS) is 11.3. The lowest BCUT2D eigenvalue weighted by Gasteiger charge is -2.27. The molecule has 0 fully saturated rings. The van der Waals surface area contributed by atoms with E-state index in [1.807, 2.05) is 24.3 Å². The minimum Gasteiger partial charge on any atom is -0.494 e. The van der Waals surface area contributed by atoms with E-state index in [2.05, 4.69) is 43.3 Å². The van der Waals surface area contributed by atoms with Crippen molar-refractivity contribution >= 4 is 33.9 Å². The average Bonchev–Trinajstić information content (AvgIpc) is 2.52. The molecule has 5 heteroatoms. The molecule has 0 saturated heterocycles. The van der Waals surface area contributed by atoms with E-state index < -0.39 is 0 Å². The number of anilines is 1. The molecule has 4 nitrogen and oxygen atoms in total. The molecule has 0 amide bonds. The van der Waals surface area contributed by atoms with Gasteiger partial charge in [-0.15, -0.1) is 0 Å². The summed E-state index contributed by atoms with van der Waals surface area (Å²) in [5.74, 6) is 1.76. The van der Waals surface area contributed by atoms with Crippen LogP contribution in [0.2, 0.25) is 0 Å². The molecular weight excluding hydrogens is 306 g/mol. The summed E-state index contributed by atoms with van der Waals surface area (Å²) in [6.07, 6.45) is 1.76. The second-order valence-electron chi connectivity index (χ2n) is 6.33. The van der Waals surface area contributed by atoms with Crippen molar-refractivity contribution in [3.05, 3.63) is 30.5 Å². The third kappa shape index (κ3) is 4.10. The molecule has 0 atom stereocenters. The van der Waals surface area contributed by atoms with Crippen molar-refractivity contribution in [1.29, 1.82) is 0 Å². The van der Waals surface area contributed by atoms with E-state index in [1.165, 1.54) is 0 Å². The van der Waals surface area contributed by atoms with Crippen molar-refractivity contribution in [2.75, 3.05) is 12.4 Å². The van der Waals surface area contributed by atoms with Gasteiger partial charge in [-0.2, -0.15) is 0 Å². The number of thiocarbonyl (C=S) groups is 1. The first-order chi connectivity index (χ1) is 10.9. The molecule has 0 aliphatic carbocycles. The summed E-state index contributed by atoms with van der Waals surface area (Å²) in [6, 6.07) is 8.13. The summed E-state index contributed by atoms with van der Waals surface area (Å²) in [5.41, 5.74) is 1.75. The van der Waals surface area contributed by atoms with Crippen molar-refractivity contribution in [2.24, 2.45) is 11.8 Å². The van der Waals surface area contributed by atoms with E-state index in [9.17, 15) is 0 Å². The van der Waals surface area contributed by atoms with E-state index in [0.29, 0.717) is 23.0 Å². The maximum absolute atomic E-state index is 5.50. The molecule has 0 bridgehead atoms. The Morgan fingerprint density at radius 1 is 1.13 bits per heavy atom. The van der Waals surface area contributed by atoms with E-state index in [1.54, 1.807) is 13.3 Å². The molecule has 1 aromatic heterocycles. The van der Waals surface area contributed by atoms with Gasteiger partial charge in [-0.05, 0) is 48.3 Å². The average molecular weight is 331 g/mol. The zero-order chi connectivity index (χ0) is 17.0. The third-order valence-electron chi connectivity index (χ3n) is 3.93. The van der Waals surface area contributed by atoms with Crippen LogP contribution in [0.25, 0.3) is 10.9 Å². The number of ether oxygens (including phenoxy) is 1. The van der Waals surface area contributed by atoms with Gasteiger partial charge < -0.3 is 15.4 Å². The lowest BCUT2D eigenvalue weighted by atomic mass is 9.93. The number of hydrogen-bond donors (Lipinski definition) is 2. The van der Waals surface area contributed by atoms with E-state index in [4.69, 9.17) is 17.0 Å². The van der Waals surface area contributed by atoms with Gasteiger partial charge in [0.1, 0.15) is 11.3 Å². The molecule has 124 valence electrons. The number of fused-ring (bicyclic) bond motifs is 1. The highest BCUT2D eigenvalue weighted by Crippen LogP contribution is 2.29. The highest BCUT2D eigenvalue weighted by molar-refractivity contribution is 7.80. The predicted molar refractivity (Wildman–Crippen MR) is 101 cm³/mol. The van der Waals surface area contributed by atoms with Crippen LogP contribution in [0.4, 0.5) is 5.69 Å². The second-order valence-corrected chi connectivity index (χ2v) is 6.74. The van der Waals surface area contributed by atoms with E-state index >= 15 is 0 Å². The zero-order valence-electron chi connectivity index (χ0n) is 14.4. The minimum atomic E-state index is 0.331. The first kappa shape index (κ1) is 17.5. The molecule has 0 aliphatic heterocycles. The van der Waals surface area contributed by atoms with E-state index in [0.717, 1.165) is 22.3 Å². The number of methoxy groups -OCH3 is 1. The van der Waals surface area contributed by atoms with Crippen molar-refractivity contribution in [1.82, 2.24) is 10.3 Å². The van der Waals surface area contributed by atoms with Gasteiger partial charge in [0.15, 0.2) is 5.11 Å². The summed E-state index contributed by atoms with van der Waals surface area (Å²) < 4.78 is 5.38. The molecule has 0 spiro atoms. The number of nitrogens with zero attached hydrogens (tertiary/aromatic N) is 1. The van der Waals surface area contributed by atoms with Crippen LogP contribution in [-0.2, 0) is 0 Å². The Labute approximate surface area is 143 Å². The molecule has 1 aromatic carbocycles. The highest BCUT2D eigenvalue weighted by Gasteiger charge is 2.18. The van der Waals surface area contributed by atoms with Crippen LogP contribution < -0.4 is 15.4 Å². The van der Waals surface area contributed by atoms with Gasteiger partial charge in [-0.25, -0.2) is 0 Å². The van der Waals surface area contributed by atoms with Gasteiger partial charge in [-0.3, -0.25) is 4.98 Å². The third-order valence-corrected chi connectivity index (χ3v) is 4.15. The van der Waals surface area contributed by atoms with Crippen molar-refractivity contribution in [3.8, 4) is 5.75 Å². The molecule has 23 heavy (non-hydrogen) atoms. The Morgan fingerprint density at radius 2 is 1.83 bits per heavy atom. The molecule has 2 aromatic rings. The van der Waals surface area contributed by atoms with Gasteiger partial charge in [0.2, 0.25) is 0 Å². The number of hydrogen-bond acceptors (Lipinski definition) is 3. The summed E-state index contributed by atoms with van der Waals surface area (Å²) in [4.78, 5) is 4.41. The number of benzene rings is 1. The monoisotopic (exact) mass is 331 g/mol. The van der Waals surface area contributed by atoms with Gasteiger partial charge >= 0.3 is 0 Å².